The minimum Gasteiger partial charge on any atom is -0.481 e. The van der Waals surface area contributed by atoms with Crippen LogP contribution >= 0.6 is 0 Å². The smallest absolute Gasteiger partial charge is 0.315 e. The van der Waals surface area contributed by atoms with Gasteiger partial charge in [0.05, 0.1) is 0 Å². The second-order valence-electron chi connectivity index (χ2n) is 3.86. The van der Waals surface area contributed by atoms with E-state index in [0.717, 1.165) is 12.1 Å². The molecule has 18 heavy (non-hydrogen) atoms. The van der Waals surface area contributed by atoms with Crippen molar-refractivity contribution in [3.63, 3.8) is 0 Å². The van der Waals surface area contributed by atoms with Crippen LogP contribution in [0.3, 0.4) is 0 Å². The second-order valence-corrected chi connectivity index (χ2v) is 3.86. The zero-order valence-corrected chi connectivity index (χ0v) is 9.31. The van der Waals surface area contributed by atoms with Crippen LogP contribution < -0.4 is 0 Å². The first-order valence-corrected chi connectivity index (χ1v) is 5.32. The Balaban J connectivity index is 2.49. The zero-order valence-electron chi connectivity index (χ0n) is 9.31. The molecule has 0 saturated carbocycles. The first-order valence-electron chi connectivity index (χ1n) is 5.32. The lowest BCUT2D eigenvalue weighted by Crippen LogP contribution is -2.13. The normalized spacial score (nSPS) is 12.1. The van der Waals surface area contributed by atoms with Gasteiger partial charge in [-0.05, 0) is 23.3 Å². The van der Waals surface area contributed by atoms with Gasteiger partial charge < -0.3 is 5.11 Å². The molecule has 0 aliphatic heterocycles. The van der Waals surface area contributed by atoms with Crippen LogP contribution in [0.1, 0.15) is 17.0 Å². The van der Waals surface area contributed by atoms with Gasteiger partial charge in [-0.3, -0.25) is 4.79 Å². The standard InChI is InChI=1S/C14H10F2O2/c15-11-7-6-10(8-12(11)16)13(14(17)18)9-4-2-1-3-5-9/h1-8,13H,(H,17,18). The van der Waals surface area contributed by atoms with E-state index < -0.39 is 23.5 Å². The first-order chi connectivity index (χ1) is 8.59. The van der Waals surface area contributed by atoms with Gasteiger partial charge >= 0.3 is 5.97 Å². The maximum atomic E-state index is 13.2. The summed E-state index contributed by atoms with van der Waals surface area (Å²) in [5, 5.41) is 9.22. The van der Waals surface area contributed by atoms with Crippen LogP contribution in [-0.2, 0) is 4.79 Å². The fourth-order valence-electron chi connectivity index (χ4n) is 1.82. The highest BCUT2D eigenvalue weighted by molar-refractivity contribution is 5.80. The monoisotopic (exact) mass is 248 g/mol. The lowest BCUT2D eigenvalue weighted by Gasteiger charge is -2.13. The van der Waals surface area contributed by atoms with Crippen molar-refractivity contribution in [3.8, 4) is 0 Å². The number of hydrogen-bond donors (Lipinski definition) is 1. The van der Waals surface area contributed by atoms with Gasteiger partial charge in [0.2, 0.25) is 0 Å². The van der Waals surface area contributed by atoms with E-state index in [1.54, 1.807) is 30.3 Å². The van der Waals surface area contributed by atoms with Crippen molar-refractivity contribution in [1.82, 2.24) is 0 Å². The van der Waals surface area contributed by atoms with E-state index in [-0.39, 0.29) is 5.56 Å². The molecule has 0 fully saturated rings. The van der Waals surface area contributed by atoms with Crippen molar-refractivity contribution in [2.75, 3.05) is 0 Å². The molecule has 0 radical (unpaired) electrons. The molecule has 4 heteroatoms. The first kappa shape index (κ1) is 12.2. The molecule has 1 unspecified atom stereocenters. The van der Waals surface area contributed by atoms with Gasteiger partial charge in [-0.25, -0.2) is 8.78 Å². The molecule has 1 atom stereocenters. The zero-order chi connectivity index (χ0) is 13.1. The van der Waals surface area contributed by atoms with Gasteiger partial charge in [0.15, 0.2) is 11.6 Å². The molecular formula is C14H10F2O2. The van der Waals surface area contributed by atoms with E-state index in [0.29, 0.717) is 5.56 Å². The summed E-state index contributed by atoms with van der Waals surface area (Å²) in [7, 11) is 0. The van der Waals surface area contributed by atoms with Crippen LogP contribution in [0.2, 0.25) is 0 Å². The van der Waals surface area contributed by atoms with Gasteiger partial charge in [-0.15, -0.1) is 0 Å². The summed E-state index contributed by atoms with van der Waals surface area (Å²) >= 11 is 0. The molecule has 0 amide bonds. The van der Waals surface area contributed by atoms with Gasteiger partial charge in [0.25, 0.3) is 0 Å². The van der Waals surface area contributed by atoms with Crippen LogP contribution in [0, 0.1) is 11.6 Å². The maximum Gasteiger partial charge on any atom is 0.315 e. The molecule has 0 spiro atoms. The molecule has 0 aromatic heterocycles. The number of carboxylic acid groups (broad SMARTS) is 1. The van der Waals surface area contributed by atoms with Crippen LogP contribution in [-0.4, -0.2) is 11.1 Å². The summed E-state index contributed by atoms with van der Waals surface area (Å²) in [6, 6.07) is 11.6. The molecule has 92 valence electrons. The number of rotatable bonds is 3. The van der Waals surface area contributed by atoms with Gasteiger partial charge in [-0.2, -0.15) is 0 Å². The molecule has 0 bridgehead atoms. The minimum absolute atomic E-state index is 0.215. The Kier molecular flexibility index (Phi) is 3.37. The quantitative estimate of drug-likeness (QED) is 0.905. The minimum atomic E-state index is -1.10. The molecule has 2 aromatic rings. The summed E-state index contributed by atoms with van der Waals surface area (Å²) in [6.45, 7) is 0. The topological polar surface area (TPSA) is 37.3 Å². The number of hydrogen-bond acceptors (Lipinski definition) is 1. The summed E-state index contributed by atoms with van der Waals surface area (Å²) in [5.74, 6) is -4.14. The SMILES string of the molecule is O=C(O)C(c1ccccc1)c1ccc(F)c(F)c1. The fourth-order valence-corrected chi connectivity index (χ4v) is 1.82. The molecular weight excluding hydrogens is 238 g/mol. The Labute approximate surface area is 103 Å². The Morgan fingerprint density at radius 1 is 0.944 bits per heavy atom. The highest BCUT2D eigenvalue weighted by atomic mass is 19.2. The number of aliphatic carboxylic acids is 1. The molecule has 0 saturated heterocycles. The van der Waals surface area contributed by atoms with Gasteiger partial charge in [-0.1, -0.05) is 36.4 Å². The molecule has 1 N–H and O–H groups in total. The summed E-state index contributed by atoms with van der Waals surface area (Å²) in [4.78, 5) is 11.3. The Hall–Kier alpha value is -2.23. The van der Waals surface area contributed by atoms with E-state index in [2.05, 4.69) is 0 Å². The number of carboxylic acids is 1. The molecule has 2 nitrogen and oxygen atoms in total. The number of halogens is 2. The Morgan fingerprint density at radius 2 is 1.61 bits per heavy atom. The third-order valence-electron chi connectivity index (χ3n) is 2.66. The lowest BCUT2D eigenvalue weighted by molar-refractivity contribution is -0.137. The van der Waals surface area contributed by atoms with Crippen molar-refractivity contribution in [3.05, 3.63) is 71.3 Å². The summed E-state index contributed by atoms with van der Waals surface area (Å²) in [5.41, 5.74) is 0.739. The average molecular weight is 248 g/mol. The van der Waals surface area contributed by atoms with E-state index in [1.807, 2.05) is 0 Å². The predicted molar refractivity (Wildman–Crippen MR) is 62.3 cm³/mol. The summed E-state index contributed by atoms with van der Waals surface area (Å²) < 4.78 is 26.0. The van der Waals surface area contributed by atoms with Crippen molar-refractivity contribution in [1.29, 1.82) is 0 Å². The molecule has 0 aliphatic rings. The van der Waals surface area contributed by atoms with Crippen molar-refractivity contribution in [2.45, 2.75) is 5.92 Å². The third kappa shape index (κ3) is 2.37. The molecule has 2 rings (SSSR count). The maximum absolute atomic E-state index is 13.2. The molecule has 2 aromatic carbocycles. The van der Waals surface area contributed by atoms with E-state index in [9.17, 15) is 18.7 Å². The number of carbonyl (C=O) groups is 1. The van der Waals surface area contributed by atoms with Crippen molar-refractivity contribution >= 4 is 5.97 Å². The van der Waals surface area contributed by atoms with Crippen molar-refractivity contribution in [2.24, 2.45) is 0 Å². The van der Waals surface area contributed by atoms with Crippen molar-refractivity contribution < 1.29 is 18.7 Å². The van der Waals surface area contributed by atoms with Crippen LogP contribution in [0.25, 0.3) is 0 Å². The van der Waals surface area contributed by atoms with E-state index in [4.69, 9.17) is 0 Å². The third-order valence-corrected chi connectivity index (χ3v) is 2.66. The molecule has 0 aliphatic carbocycles. The lowest BCUT2D eigenvalue weighted by atomic mass is 9.91. The highest BCUT2D eigenvalue weighted by Gasteiger charge is 2.22. The highest BCUT2D eigenvalue weighted by Crippen LogP contribution is 2.26. The average Bonchev–Trinajstić information content (AvgIpc) is 2.35. The van der Waals surface area contributed by atoms with E-state index in [1.165, 1.54) is 6.07 Å². The number of benzene rings is 2. The Bertz CT molecular complexity index is 567. The largest absolute Gasteiger partial charge is 0.481 e. The fraction of sp³-hybridized carbons (Fsp3) is 0.0714. The van der Waals surface area contributed by atoms with E-state index >= 15 is 0 Å². The Morgan fingerprint density at radius 3 is 2.17 bits per heavy atom. The van der Waals surface area contributed by atoms with Crippen LogP contribution in [0.4, 0.5) is 8.78 Å². The predicted octanol–water partition coefficient (Wildman–Crippen LogP) is 3.18. The summed E-state index contributed by atoms with van der Waals surface area (Å²) in [6.07, 6.45) is 0. The molecule has 0 heterocycles. The van der Waals surface area contributed by atoms with Gasteiger partial charge in [0.1, 0.15) is 5.92 Å². The second kappa shape index (κ2) is 4.96. The van der Waals surface area contributed by atoms with Crippen LogP contribution in [0.15, 0.2) is 48.5 Å². The van der Waals surface area contributed by atoms with Crippen LogP contribution in [0.5, 0.6) is 0 Å². The van der Waals surface area contributed by atoms with Gasteiger partial charge in [0, 0.05) is 0 Å².